The van der Waals surface area contributed by atoms with E-state index in [0.29, 0.717) is 5.69 Å². The van der Waals surface area contributed by atoms with E-state index < -0.39 is 17.9 Å². The number of hydrogen-bond acceptors (Lipinski definition) is 5. The van der Waals surface area contributed by atoms with Crippen LogP contribution in [0.15, 0.2) is 36.4 Å². The first-order valence-corrected chi connectivity index (χ1v) is 7.26. The smallest absolute Gasteiger partial charge is 0.339 e. The van der Waals surface area contributed by atoms with Crippen LogP contribution in [0.4, 0.5) is 5.69 Å². The first kappa shape index (κ1) is 14.5. The number of fused-ring (bicyclic) bond motifs is 3. The van der Waals surface area contributed by atoms with Crippen LogP contribution in [-0.2, 0) is 14.3 Å². The number of hydroxylamine groups is 1. The summed E-state index contributed by atoms with van der Waals surface area (Å²) in [5.41, 5.74) is 1.22. The average Bonchev–Trinajstić information content (AvgIpc) is 2.52. The van der Waals surface area contributed by atoms with Crippen LogP contribution in [0.25, 0.3) is 10.8 Å². The number of benzene rings is 2. The zero-order valence-corrected chi connectivity index (χ0v) is 12.4. The lowest BCUT2D eigenvalue weighted by Gasteiger charge is -2.35. The van der Waals surface area contributed by atoms with E-state index in [1.54, 1.807) is 19.9 Å². The molecule has 2 aromatic rings. The fourth-order valence-electron chi connectivity index (χ4n) is 3.01. The molecule has 2 aromatic carbocycles. The van der Waals surface area contributed by atoms with Crippen molar-refractivity contribution in [3.05, 3.63) is 42.0 Å². The molecule has 2 atom stereocenters. The van der Waals surface area contributed by atoms with Crippen molar-refractivity contribution in [3.8, 4) is 0 Å². The Kier molecular flexibility index (Phi) is 3.58. The molecule has 3 rings (SSSR count). The van der Waals surface area contributed by atoms with Crippen LogP contribution in [0.1, 0.15) is 25.3 Å². The van der Waals surface area contributed by atoms with Crippen molar-refractivity contribution in [1.82, 2.24) is 0 Å². The summed E-state index contributed by atoms with van der Waals surface area (Å²) in [7, 11) is 0. The second-order valence-corrected chi connectivity index (χ2v) is 5.34. The fraction of sp³-hybridized carbons (Fsp3) is 0.294. The highest BCUT2D eigenvalue weighted by Gasteiger charge is 2.43. The van der Waals surface area contributed by atoms with E-state index in [9.17, 15) is 14.8 Å². The summed E-state index contributed by atoms with van der Waals surface area (Å²) in [6, 6.07) is 9.96. The second-order valence-electron chi connectivity index (χ2n) is 5.34. The van der Waals surface area contributed by atoms with Gasteiger partial charge in [0.25, 0.3) is 0 Å². The molecule has 0 saturated carbocycles. The molecular weight excluding hydrogens is 282 g/mol. The Morgan fingerprint density at radius 3 is 2.73 bits per heavy atom. The van der Waals surface area contributed by atoms with E-state index in [0.717, 1.165) is 21.4 Å². The van der Waals surface area contributed by atoms with E-state index in [-0.39, 0.29) is 12.4 Å². The molecule has 1 heterocycles. The number of rotatable bonds is 2. The van der Waals surface area contributed by atoms with Crippen molar-refractivity contribution in [2.45, 2.75) is 25.8 Å². The van der Waals surface area contributed by atoms with Crippen LogP contribution in [0.2, 0.25) is 0 Å². The zero-order chi connectivity index (χ0) is 15.9. The molecule has 1 aliphatic heterocycles. The zero-order valence-electron chi connectivity index (χ0n) is 12.4. The molecule has 2 unspecified atom stereocenters. The summed E-state index contributed by atoms with van der Waals surface area (Å²) < 4.78 is 4.91. The minimum atomic E-state index is -1.30. The third-order valence-corrected chi connectivity index (χ3v) is 4.08. The number of anilines is 1. The Hall–Kier alpha value is -2.40. The molecule has 114 valence electrons. The van der Waals surface area contributed by atoms with Gasteiger partial charge in [-0.15, -0.1) is 0 Å². The maximum atomic E-state index is 12.6. The summed E-state index contributed by atoms with van der Waals surface area (Å²) in [5, 5.41) is 13.0. The number of carbonyl (C=O) groups excluding carboxylic acids is 2. The normalized spacial score (nSPS) is 20.9. The van der Waals surface area contributed by atoms with Gasteiger partial charge in [0.15, 0.2) is 5.78 Å². The van der Waals surface area contributed by atoms with Gasteiger partial charge < -0.3 is 4.74 Å². The fourth-order valence-corrected chi connectivity index (χ4v) is 3.01. The molecule has 0 bridgehead atoms. The Bertz CT molecular complexity index is 755. The predicted molar refractivity (Wildman–Crippen MR) is 82.1 cm³/mol. The molecule has 1 N–H and O–H groups in total. The van der Waals surface area contributed by atoms with Crippen molar-refractivity contribution in [1.29, 1.82) is 0 Å². The number of esters is 1. The van der Waals surface area contributed by atoms with E-state index in [1.165, 1.54) is 0 Å². The second kappa shape index (κ2) is 5.42. The quantitative estimate of drug-likeness (QED) is 0.682. The highest BCUT2D eigenvalue weighted by Crippen LogP contribution is 2.40. The van der Waals surface area contributed by atoms with Gasteiger partial charge in [0.1, 0.15) is 0 Å². The Morgan fingerprint density at radius 1 is 1.27 bits per heavy atom. The number of nitrogens with zero attached hydrogens (tertiary/aromatic N) is 1. The van der Waals surface area contributed by atoms with Crippen molar-refractivity contribution in [2.75, 3.05) is 11.7 Å². The Morgan fingerprint density at radius 2 is 2.00 bits per heavy atom. The lowest BCUT2D eigenvalue weighted by Crippen LogP contribution is -2.51. The molecule has 5 heteroatoms. The maximum absolute atomic E-state index is 12.6. The van der Waals surface area contributed by atoms with Gasteiger partial charge in [-0.25, -0.2) is 9.86 Å². The van der Waals surface area contributed by atoms with Gasteiger partial charge in [-0.1, -0.05) is 37.3 Å². The maximum Gasteiger partial charge on any atom is 0.339 e. The SMILES string of the molecule is CCOC(=O)C1C(=O)C(C)c2c(ccc3ccccc23)N1O. The molecule has 0 saturated heterocycles. The summed E-state index contributed by atoms with van der Waals surface area (Å²) >= 11 is 0. The van der Waals surface area contributed by atoms with Gasteiger partial charge in [-0.3, -0.25) is 10.0 Å². The van der Waals surface area contributed by atoms with Crippen LogP contribution >= 0.6 is 0 Å². The van der Waals surface area contributed by atoms with Crippen LogP contribution in [0, 0.1) is 0 Å². The lowest BCUT2D eigenvalue weighted by atomic mass is 9.83. The molecule has 0 fully saturated rings. The van der Waals surface area contributed by atoms with E-state index in [1.807, 2.05) is 30.3 Å². The van der Waals surface area contributed by atoms with Crippen molar-refractivity contribution < 1.29 is 19.5 Å². The Balaban J connectivity index is 2.17. The molecule has 0 spiro atoms. The molecule has 0 radical (unpaired) electrons. The topological polar surface area (TPSA) is 66.8 Å². The highest BCUT2D eigenvalue weighted by molar-refractivity contribution is 6.13. The summed E-state index contributed by atoms with van der Waals surface area (Å²) in [4.78, 5) is 24.5. The third-order valence-electron chi connectivity index (χ3n) is 4.08. The van der Waals surface area contributed by atoms with Gasteiger partial charge in [-0.2, -0.15) is 0 Å². The molecule has 0 aliphatic carbocycles. The summed E-state index contributed by atoms with van der Waals surface area (Å²) in [6.07, 6.45) is 0. The van der Waals surface area contributed by atoms with Gasteiger partial charge in [0.05, 0.1) is 12.3 Å². The van der Waals surface area contributed by atoms with E-state index in [2.05, 4.69) is 0 Å². The lowest BCUT2D eigenvalue weighted by molar-refractivity contribution is -0.150. The monoisotopic (exact) mass is 299 g/mol. The van der Waals surface area contributed by atoms with Crippen LogP contribution in [0.3, 0.4) is 0 Å². The number of hydrogen-bond donors (Lipinski definition) is 1. The number of carbonyl (C=O) groups is 2. The molecule has 0 amide bonds. The van der Waals surface area contributed by atoms with E-state index in [4.69, 9.17) is 4.74 Å². The van der Waals surface area contributed by atoms with Crippen molar-refractivity contribution in [3.63, 3.8) is 0 Å². The van der Waals surface area contributed by atoms with Crippen molar-refractivity contribution >= 4 is 28.2 Å². The number of Topliss-reactive ketones (excluding diaryl/α,β-unsaturated/α-hetero) is 1. The largest absolute Gasteiger partial charge is 0.464 e. The third kappa shape index (κ3) is 2.05. The molecule has 5 nitrogen and oxygen atoms in total. The van der Waals surface area contributed by atoms with Crippen LogP contribution in [-0.4, -0.2) is 29.6 Å². The van der Waals surface area contributed by atoms with Crippen molar-refractivity contribution in [2.24, 2.45) is 0 Å². The number of ketones is 1. The average molecular weight is 299 g/mol. The molecule has 1 aliphatic rings. The van der Waals surface area contributed by atoms with Crippen LogP contribution < -0.4 is 5.06 Å². The standard InChI is InChI=1S/C17H17NO4/c1-3-22-17(20)15-16(19)10(2)14-12-7-5-4-6-11(12)8-9-13(14)18(15)21/h4-10,15,21H,3H2,1-2H3. The van der Waals surface area contributed by atoms with Gasteiger partial charge in [0, 0.05) is 5.92 Å². The van der Waals surface area contributed by atoms with Gasteiger partial charge in [-0.05, 0) is 29.3 Å². The summed E-state index contributed by atoms with van der Waals surface area (Å²) in [6.45, 7) is 3.58. The molecule has 22 heavy (non-hydrogen) atoms. The highest BCUT2D eigenvalue weighted by atomic mass is 16.6. The van der Waals surface area contributed by atoms with Gasteiger partial charge in [0.2, 0.25) is 6.04 Å². The molecule has 0 aromatic heterocycles. The first-order chi connectivity index (χ1) is 10.6. The minimum Gasteiger partial charge on any atom is -0.464 e. The van der Waals surface area contributed by atoms with Gasteiger partial charge >= 0.3 is 5.97 Å². The number of ether oxygens (including phenoxy) is 1. The van der Waals surface area contributed by atoms with Crippen LogP contribution in [0.5, 0.6) is 0 Å². The molecular formula is C17H17NO4. The Labute approximate surface area is 128 Å². The predicted octanol–water partition coefficient (Wildman–Crippen LogP) is 2.65. The van der Waals surface area contributed by atoms with E-state index >= 15 is 0 Å². The minimum absolute atomic E-state index is 0.162. The first-order valence-electron chi connectivity index (χ1n) is 7.26. The summed E-state index contributed by atoms with van der Waals surface area (Å²) in [5.74, 6) is -1.57.